The van der Waals surface area contributed by atoms with Crippen molar-refractivity contribution in [2.24, 2.45) is 0 Å². The molecule has 1 aliphatic heterocycles. The maximum Gasteiger partial charge on any atom is 0.258 e. The van der Waals surface area contributed by atoms with Crippen LogP contribution >= 0.6 is 0 Å². The van der Waals surface area contributed by atoms with Gasteiger partial charge >= 0.3 is 0 Å². The highest BCUT2D eigenvalue weighted by Gasteiger charge is 2.27. The van der Waals surface area contributed by atoms with Gasteiger partial charge in [-0.25, -0.2) is 0 Å². The van der Waals surface area contributed by atoms with E-state index in [-0.39, 0.29) is 5.91 Å². The molecule has 0 bridgehead atoms. The number of benzene rings is 1. The van der Waals surface area contributed by atoms with E-state index in [2.05, 4.69) is 6.58 Å². The van der Waals surface area contributed by atoms with Crippen LogP contribution in [0.4, 0.5) is 5.69 Å². The second-order valence-electron chi connectivity index (χ2n) is 3.36. The van der Waals surface area contributed by atoms with E-state index in [4.69, 9.17) is 0 Å². The normalized spacial score (nSPS) is 13.5. The molecule has 2 heteroatoms. The molecule has 15 heavy (non-hydrogen) atoms. The van der Waals surface area contributed by atoms with E-state index in [0.717, 1.165) is 16.8 Å². The van der Waals surface area contributed by atoms with Gasteiger partial charge in [0.25, 0.3) is 5.91 Å². The molecule has 1 amide bonds. The standard InChI is InChI=1S/C11H11NO.C2H6/c1-7-4-5-10-9(6-7)8(2)11(13)12(10)3;1-2/h4-6H,2H2,1,3H3;1-2H3. The molecule has 2 rings (SSSR count). The van der Waals surface area contributed by atoms with Crippen molar-refractivity contribution in [1.82, 2.24) is 0 Å². The fourth-order valence-corrected chi connectivity index (χ4v) is 1.61. The van der Waals surface area contributed by atoms with Crippen LogP contribution in [0.1, 0.15) is 25.0 Å². The van der Waals surface area contributed by atoms with Gasteiger partial charge in [-0.05, 0) is 19.1 Å². The van der Waals surface area contributed by atoms with Crippen molar-refractivity contribution >= 4 is 17.2 Å². The van der Waals surface area contributed by atoms with Crippen LogP contribution < -0.4 is 4.90 Å². The van der Waals surface area contributed by atoms with Crippen LogP contribution in [-0.4, -0.2) is 13.0 Å². The Balaban J connectivity index is 0.000000531. The summed E-state index contributed by atoms with van der Waals surface area (Å²) in [5.41, 5.74) is 3.68. The van der Waals surface area contributed by atoms with E-state index in [0.29, 0.717) is 5.57 Å². The smallest absolute Gasteiger partial charge is 0.258 e. The maximum atomic E-state index is 11.5. The number of aryl methyl sites for hydroxylation is 1. The van der Waals surface area contributed by atoms with Crippen molar-refractivity contribution in [3.05, 3.63) is 35.9 Å². The maximum absolute atomic E-state index is 11.5. The van der Waals surface area contributed by atoms with Gasteiger partial charge in [-0.3, -0.25) is 4.79 Å². The zero-order valence-electron chi connectivity index (χ0n) is 9.79. The third-order valence-electron chi connectivity index (χ3n) is 2.40. The Hall–Kier alpha value is -1.57. The van der Waals surface area contributed by atoms with Crippen LogP contribution in [-0.2, 0) is 4.79 Å². The number of nitrogens with zero attached hydrogens (tertiary/aromatic N) is 1. The predicted molar refractivity (Wildman–Crippen MR) is 65.0 cm³/mol. The first-order valence-electron chi connectivity index (χ1n) is 5.19. The van der Waals surface area contributed by atoms with Crippen molar-refractivity contribution in [2.45, 2.75) is 20.8 Å². The molecule has 2 nitrogen and oxygen atoms in total. The highest BCUT2D eigenvalue weighted by Crippen LogP contribution is 2.34. The minimum atomic E-state index is 0.000556. The molecule has 80 valence electrons. The number of rotatable bonds is 0. The number of likely N-dealkylation sites (N-methyl/N-ethyl adjacent to an activating group) is 1. The molecule has 1 heterocycles. The highest BCUT2D eigenvalue weighted by atomic mass is 16.2. The molecule has 1 aromatic rings. The van der Waals surface area contributed by atoms with Crippen LogP contribution in [0.2, 0.25) is 0 Å². The summed E-state index contributed by atoms with van der Waals surface area (Å²) in [5, 5.41) is 0. The first-order valence-corrected chi connectivity index (χ1v) is 5.19. The average Bonchev–Trinajstić information content (AvgIpc) is 2.47. The van der Waals surface area contributed by atoms with E-state index in [9.17, 15) is 4.79 Å². The molecule has 0 radical (unpaired) electrons. The van der Waals surface area contributed by atoms with Gasteiger partial charge in [0, 0.05) is 18.2 Å². The molecule has 0 N–H and O–H groups in total. The molecular formula is C13H17NO. The monoisotopic (exact) mass is 203 g/mol. The molecule has 0 aromatic heterocycles. The van der Waals surface area contributed by atoms with Crippen LogP contribution in [0.5, 0.6) is 0 Å². The van der Waals surface area contributed by atoms with E-state index in [1.54, 1.807) is 11.9 Å². The largest absolute Gasteiger partial charge is 0.311 e. The van der Waals surface area contributed by atoms with Gasteiger partial charge in [-0.2, -0.15) is 0 Å². The van der Waals surface area contributed by atoms with Gasteiger partial charge in [0.15, 0.2) is 0 Å². The second-order valence-corrected chi connectivity index (χ2v) is 3.36. The number of amides is 1. The van der Waals surface area contributed by atoms with Crippen molar-refractivity contribution in [1.29, 1.82) is 0 Å². The number of carbonyl (C=O) groups excluding carboxylic acids is 1. The average molecular weight is 203 g/mol. The lowest BCUT2D eigenvalue weighted by Gasteiger charge is -2.08. The van der Waals surface area contributed by atoms with Gasteiger partial charge < -0.3 is 4.90 Å². The number of hydrogen-bond acceptors (Lipinski definition) is 1. The number of fused-ring (bicyclic) bond motifs is 1. The van der Waals surface area contributed by atoms with Crippen LogP contribution in [0, 0.1) is 6.92 Å². The molecule has 0 saturated heterocycles. The zero-order chi connectivity index (χ0) is 11.6. The quantitative estimate of drug-likeness (QED) is 0.593. The van der Waals surface area contributed by atoms with E-state index in [1.165, 1.54) is 0 Å². The van der Waals surface area contributed by atoms with Gasteiger partial charge in [0.05, 0.1) is 5.69 Å². The SMILES string of the molecule is C=C1C(=O)N(C)c2ccc(C)cc21.CC. The van der Waals surface area contributed by atoms with E-state index in [1.807, 2.05) is 39.0 Å². The van der Waals surface area contributed by atoms with Crippen LogP contribution in [0.25, 0.3) is 5.57 Å². The third-order valence-corrected chi connectivity index (χ3v) is 2.40. The summed E-state index contributed by atoms with van der Waals surface area (Å²) < 4.78 is 0. The number of carbonyl (C=O) groups is 1. The first-order chi connectivity index (χ1) is 7.11. The van der Waals surface area contributed by atoms with Gasteiger partial charge in [-0.1, -0.05) is 32.1 Å². The topological polar surface area (TPSA) is 20.3 Å². The summed E-state index contributed by atoms with van der Waals surface area (Å²) in [6.07, 6.45) is 0. The van der Waals surface area contributed by atoms with Crippen LogP contribution in [0.3, 0.4) is 0 Å². The van der Waals surface area contributed by atoms with Crippen molar-refractivity contribution in [3.8, 4) is 0 Å². The minimum absolute atomic E-state index is 0.000556. The Labute approximate surface area is 91.2 Å². The zero-order valence-corrected chi connectivity index (χ0v) is 9.79. The number of hydrogen-bond donors (Lipinski definition) is 0. The molecule has 0 aliphatic carbocycles. The fourth-order valence-electron chi connectivity index (χ4n) is 1.61. The van der Waals surface area contributed by atoms with E-state index >= 15 is 0 Å². The Bertz CT molecular complexity index is 407. The summed E-state index contributed by atoms with van der Waals surface area (Å²) in [7, 11) is 1.77. The summed E-state index contributed by atoms with van der Waals surface area (Å²) >= 11 is 0. The second kappa shape index (κ2) is 4.30. The number of anilines is 1. The lowest BCUT2D eigenvalue weighted by molar-refractivity contribution is -0.112. The van der Waals surface area contributed by atoms with Gasteiger partial charge in [0.2, 0.25) is 0 Å². The molecule has 0 saturated carbocycles. The Morgan fingerprint density at radius 3 is 2.47 bits per heavy atom. The van der Waals surface area contributed by atoms with Crippen LogP contribution in [0.15, 0.2) is 24.8 Å². The fraction of sp³-hybridized carbons (Fsp3) is 0.308. The minimum Gasteiger partial charge on any atom is -0.311 e. The first kappa shape index (κ1) is 11.5. The molecule has 0 atom stereocenters. The summed E-state index contributed by atoms with van der Waals surface area (Å²) in [6.45, 7) is 9.79. The molecule has 1 aliphatic rings. The summed E-state index contributed by atoms with van der Waals surface area (Å²) in [6, 6.07) is 5.96. The van der Waals surface area contributed by atoms with Crippen molar-refractivity contribution < 1.29 is 4.79 Å². The molecular weight excluding hydrogens is 186 g/mol. The Morgan fingerprint density at radius 1 is 1.27 bits per heavy atom. The lowest BCUT2D eigenvalue weighted by atomic mass is 10.1. The van der Waals surface area contributed by atoms with E-state index < -0.39 is 0 Å². The summed E-state index contributed by atoms with van der Waals surface area (Å²) in [5.74, 6) is 0.000556. The Kier molecular flexibility index (Phi) is 3.30. The molecule has 0 fully saturated rings. The lowest BCUT2D eigenvalue weighted by Crippen LogP contribution is -2.19. The van der Waals surface area contributed by atoms with Gasteiger partial charge in [0.1, 0.15) is 0 Å². The molecule has 0 unspecified atom stereocenters. The Morgan fingerprint density at radius 2 is 1.87 bits per heavy atom. The van der Waals surface area contributed by atoms with Gasteiger partial charge in [-0.15, -0.1) is 0 Å². The van der Waals surface area contributed by atoms with Crippen molar-refractivity contribution in [3.63, 3.8) is 0 Å². The summed E-state index contributed by atoms with van der Waals surface area (Å²) in [4.78, 5) is 13.1. The highest BCUT2D eigenvalue weighted by molar-refractivity contribution is 6.31. The molecule has 1 aromatic carbocycles. The predicted octanol–water partition coefficient (Wildman–Crippen LogP) is 3.01. The molecule has 0 spiro atoms. The third kappa shape index (κ3) is 1.80. The van der Waals surface area contributed by atoms with Crippen molar-refractivity contribution in [2.75, 3.05) is 11.9 Å².